The first-order valence-corrected chi connectivity index (χ1v) is 4.08. The fourth-order valence-corrected chi connectivity index (χ4v) is 1.47. The summed E-state index contributed by atoms with van der Waals surface area (Å²) in [6, 6.07) is 0. The minimum absolute atomic E-state index is 0.440. The van der Waals surface area contributed by atoms with Crippen LogP contribution in [-0.2, 0) is 4.74 Å². The first-order valence-electron chi connectivity index (χ1n) is 4.08. The molecule has 0 bridgehead atoms. The van der Waals surface area contributed by atoms with Crippen LogP contribution in [0.5, 0.6) is 0 Å². The molecule has 0 aromatic carbocycles. The van der Waals surface area contributed by atoms with Gasteiger partial charge in [-0.3, -0.25) is 0 Å². The molecule has 2 atom stereocenters. The lowest BCUT2D eigenvalue weighted by Crippen LogP contribution is -2.27. The molecule has 0 saturated heterocycles. The molecule has 11 heavy (non-hydrogen) atoms. The average Bonchev–Trinajstić information content (AvgIpc) is 1.82. The molecule has 1 rings (SSSR count). The van der Waals surface area contributed by atoms with Crippen molar-refractivity contribution >= 4 is 0 Å². The highest BCUT2D eigenvalue weighted by Crippen LogP contribution is 2.19. The second kappa shape index (κ2) is 3.37. The fraction of sp³-hybridized carbons (Fsp3) is 0.778. The largest absolute Gasteiger partial charge is 0.386 e. The summed E-state index contributed by atoms with van der Waals surface area (Å²) in [6.45, 7) is 5.31. The Kier molecular flexibility index (Phi) is 2.68. The monoisotopic (exact) mass is 156 g/mol. The summed E-state index contributed by atoms with van der Waals surface area (Å²) < 4.78 is 5.28. The van der Waals surface area contributed by atoms with Crippen LogP contribution in [0.1, 0.15) is 20.3 Å². The lowest BCUT2D eigenvalue weighted by atomic mass is 9.93. The van der Waals surface area contributed by atoms with Gasteiger partial charge in [0.15, 0.2) is 0 Å². The van der Waals surface area contributed by atoms with Crippen molar-refractivity contribution in [2.75, 3.05) is 13.2 Å². The molecule has 1 aliphatic heterocycles. The quantitative estimate of drug-likeness (QED) is 0.536. The molecule has 0 aromatic rings. The molecule has 0 fully saturated rings. The number of hydrogen-bond donors (Lipinski definition) is 1. The molecule has 0 saturated carbocycles. The van der Waals surface area contributed by atoms with Gasteiger partial charge in [-0.1, -0.05) is 19.1 Å². The molecule has 0 unspecified atom stereocenters. The van der Waals surface area contributed by atoms with Crippen LogP contribution in [0.4, 0.5) is 0 Å². The van der Waals surface area contributed by atoms with Crippen LogP contribution < -0.4 is 0 Å². The number of aliphatic hydroxyl groups is 1. The van der Waals surface area contributed by atoms with E-state index in [-0.39, 0.29) is 0 Å². The lowest BCUT2D eigenvalue weighted by Gasteiger charge is -2.25. The van der Waals surface area contributed by atoms with E-state index in [1.165, 1.54) is 0 Å². The highest BCUT2D eigenvalue weighted by atomic mass is 16.5. The molecule has 0 amide bonds. The third-order valence-corrected chi connectivity index (χ3v) is 1.86. The van der Waals surface area contributed by atoms with E-state index in [0.717, 1.165) is 13.0 Å². The fourth-order valence-electron chi connectivity index (χ4n) is 1.47. The van der Waals surface area contributed by atoms with Crippen molar-refractivity contribution in [2.24, 2.45) is 5.92 Å². The third-order valence-electron chi connectivity index (χ3n) is 1.86. The van der Waals surface area contributed by atoms with E-state index < -0.39 is 5.60 Å². The van der Waals surface area contributed by atoms with E-state index in [1.807, 2.05) is 19.1 Å². The maximum Gasteiger partial charge on any atom is 0.0803 e. The molecule has 0 spiro atoms. The van der Waals surface area contributed by atoms with E-state index in [9.17, 15) is 5.11 Å². The Morgan fingerprint density at radius 3 is 3.09 bits per heavy atom. The molecule has 0 radical (unpaired) electrons. The molecule has 2 nitrogen and oxygen atoms in total. The molecule has 2 heteroatoms. The van der Waals surface area contributed by atoms with Crippen molar-refractivity contribution in [1.29, 1.82) is 0 Å². The van der Waals surface area contributed by atoms with Crippen molar-refractivity contribution in [3.05, 3.63) is 12.2 Å². The normalized spacial score (nSPS) is 42.6. The molecular formula is C9H16O2. The number of hydrogen-bond acceptors (Lipinski definition) is 2. The van der Waals surface area contributed by atoms with Gasteiger partial charge in [-0.2, -0.15) is 0 Å². The van der Waals surface area contributed by atoms with Gasteiger partial charge in [0.05, 0.1) is 12.2 Å². The Labute approximate surface area is 67.9 Å². The Hall–Kier alpha value is -0.340. The second-order valence-corrected chi connectivity index (χ2v) is 3.61. The van der Waals surface area contributed by atoms with E-state index in [2.05, 4.69) is 6.92 Å². The maximum absolute atomic E-state index is 9.71. The van der Waals surface area contributed by atoms with Gasteiger partial charge in [-0.05, 0) is 19.3 Å². The molecule has 1 aliphatic rings. The van der Waals surface area contributed by atoms with E-state index >= 15 is 0 Å². The van der Waals surface area contributed by atoms with Crippen LogP contribution in [0.25, 0.3) is 0 Å². The first-order chi connectivity index (χ1) is 5.10. The van der Waals surface area contributed by atoms with Gasteiger partial charge in [-0.25, -0.2) is 0 Å². The Morgan fingerprint density at radius 2 is 2.36 bits per heavy atom. The van der Waals surface area contributed by atoms with Crippen LogP contribution in [0, 0.1) is 5.92 Å². The molecule has 1 heterocycles. The van der Waals surface area contributed by atoms with Gasteiger partial charge in [0, 0.05) is 6.61 Å². The topological polar surface area (TPSA) is 29.5 Å². The zero-order valence-corrected chi connectivity index (χ0v) is 7.21. The highest BCUT2D eigenvalue weighted by molar-refractivity contribution is 4.99. The van der Waals surface area contributed by atoms with Crippen molar-refractivity contribution < 1.29 is 9.84 Å². The number of rotatable bonds is 0. The van der Waals surface area contributed by atoms with Crippen LogP contribution >= 0.6 is 0 Å². The molecule has 1 N–H and O–H groups in total. The Morgan fingerprint density at radius 1 is 1.64 bits per heavy atom. The predicted molar refractivity (Wildman–Crippen MR) is 44.4 cm³/mol. The highest BCUT2D eigenvalue weighted by Gasteiger charge is 2.21. The summed E-state index contributed by atoms with van der Waals surface area (Å²) in [5.74, 6) is 0.440. The van der Waals surface area contributed by atoms with Gasteiger partial charge < -0.3 is 9.84 Å². The summed E-state index contributed by atoms with van der Waals surface area (Å²) in [7, 11) is 0. The third kappa shape index (κ3) is 3.04. The summed E-state index contributed by atoms with van der Waals surface area (Å²) in [6.07, 6.45) is 4.48. The number of ether oxygens (including phenoxy) is 1. The SMILES string of the molecule is C[C@@H]1COC/C=C\[C@@](C)(O)C1. The Balaban J connectivity index is 2.58. The summed E-state index contributed by atoms with van der Waals surface area (Å²) in [5.41, 5.74) is -0.636. The first kappa shape index (κ1) is 8.75. The zero-order chi connectivity index (χ0) is 8.32. The van der Waals surface area contributed by atoms with Gasteiger partial charge in [0.1, 0.15) is 0 Å². The minimum atomic E-state index is -0.636. The average molecular weight is 156 g/mol. The molecular weight excluding hydrogens is 140 g/mol. The molecule has 0 aromatic heterocycles. The smallest absolute Gasteiger partial charge is 0.0803 e. The maximum atomic E-state index is 9.71. The van der Waals surface area contributed by atoms with Gasteiger partial charge in [-0.15, -0.1) is 0 Å². The van der Waals surface area contributed by atoms with E-state index in [4.69, 9.17) is 4.74 Å². The summed E-state index contributed by atoms with van der Waals surface area (Å²) in [4.78, 5) is 0. The summed E-state index contributed by atoms with van der Waals surface area (Å²) in [5, 5.41) is 9.71. The minimum Gasteiger partial charge on any atom is -0.386 e. The molecule has 64 valence electrons. The standard InChI is InChI=1S/C9H16O2/c1-8-6-9(2,10)4-3-5-11-7-8/h3-4,8,10H,5-7H2,1-2H3/b4-3-/t8-,9+/m0/s1. The van der Waals surface area contributed by atoms with Gasteiger partial charge in [0.2, 0.25) is 0 Å². The van der Waals surface area contributed by atoms with Gasteiger partial charge >= 0.3 is 0 Å². The van der Waals surface area contributed by atoms with Crippen molar-refractivity contribution in [3.8, 4) is 0 Å². The molecule has 0 aliphatic carbocycles. The van der Waals surface area contributed by atoms with Crippen molar-refractivity contribution in [2.45, 2.75) is 25.9 Å². The van der Waals surface area contributed by atoms with Crippen molar-refractivity contribution in [1.82, 2.24) is 0 Å². The van der Waals surface area contributed by atoms with Crippen LogP contribution in [0.3, 0.4) is 0 Å². The second-order valence-electron chi connectivity index (χ2n) is 3.61. The van der Waals surface area contributed by atoms with Crippen LogP contribution in [0.15, 0.2) is 12.2 Å². The van der Waals surface area contributed by atoms with Gasteiger partial charge in [0.25, 0.3) is 0 Å². The van der Waals surface area contributed by atoms with E-state index in [0.29, 0.717) is 12.5 Å². The lowest BCUT2D eigenvalue weighted by molar-refractivity contribution is 0.0442. The van der Waals surface area contributed by atoms with Crippen molar-refractivity contribution in [3.63, 3.8) is 0 Å². The summed E-state index contributed by atoms with van der Waals surface area (Å²) >= 11 is 0. The van der Waals surface area contributed by atoms with E-state index in [1.54, 1.807) is 0 Å². The Bertz CT molecular complexity index is 150. The predicted octanol–water partition coefficient (Wildman–Crippen LogP) is 1.35. The zero-order valence-electron chi connectivity index (χ0n) is 7.21. The van der Waals surface area contributed by atoms with Crippen LogP contribution in [-0.4, -0.2) is 23.9 Å². The van der Waals surface area contributed by atoms with Crippen LogP contribution in [0.2, 0.25) is 0 Å².